The third kappa shape index (κ3) is 3.59. The van der Waals surface area contributed by atoms with E-state index in [2.05, 4.69) is 26.2 Å². The minimum Gasteiger partial charge on any atom is -0.481 e. The minimum atomic E-state index is -0.760. The molecule has 0 radical (unpaired) electrons. The number of pyridine rings is 1. The predicted octanol–water partition coefficient (Wildman–Crippen LogP) is 6.16. The van der Waals surface area contributed by atoms with E-state index >= 15 is 0 Å². The number of hydrogen-bond donors (Lipinski definition) is 2. The zero-order chi connectivity index (χ0) is 24.3. The Morgan fingerprint density at radius 3 is 2.24 bits per heavy atom. The fraction of sp³-hybridized carbons (Fsp3) is 0.346. The summed E-state index contributed by atoms with van der Waals surface area (Å²) < 4.78 is 30.1. The van der Waals surface area contributed by atoms with Crippen LogP contribution in [-0.4, -0.2) is 27.5 Å². The van der Waals surface area contributed by atoms with E-state index in [1.165, 1.54) is 18.2 Å². The second-order valence-electron chi connectivity index (χ2n) is 9.54. The molecule has 3 aliphatic carbocycles. The van der Waals surface area contributed by atoms with Crippen LogP contribution in [-0.2, 0) is 4.79 Å². The van der Waals surface area contributed by atoms with Gasteiger partial charge >= 0.3 is 5.97 Å². The average Bonchev–Trinajstić information content (AvgIpc) is 2.80. The molecule has 34 heavy (non-hydrogen) atoms. The SMILES string of the molecule is Cc1c(-c2c(F)cccc2F)nc2ccc(Br)cc2c1C(=O)NC12CCC(C(=O)O)(CC1)CC2. The van der Waals surface area contributed by atoms with E-state index in [0.29, 0.717) is 60.6 Å². The van der Waals surface area contributed by atoms with E-state index in [-0.39, 0.29) is 17.2 Å². The summed E-state index contributed by atoms with van der Waals surface area (Å²) in [4.78, 5) is 30.0. The molecule has 2 N–H and O–H groups in total. The molecule has 3 aromatic rings. The number of aliphatic carboxylic acids is 1. The number of fused-ring (bicyclic) bond motifs is 4. The average molecular weight is 529 g/mol. The van der Waals surface area contributed by atoms with Crippen LogP contribution in [0.5, 0.6) is 0 Å². The normalized spacial score (nSPS) is 23.8. The van der Waals surface area contributed by atoms with Crippen molar-refractivity contribution in [2.45, 2.75) is 51.0 Å². The van der Waals surface area contributed by atoms with E-state index in [1.54, 1.807) is 25.1 Å². The molecule has 3 fully saturated rings. The molecule has 8 heteroatoms. The molecule has 3 saturated carbocycles. The molecule has 6 rings (SSSR count). The highest BCUT2D eigenvalue weighted by atomic mass is 79.9. The monoisotopic (exact) mass is 528 g/mol. The number of aromatic nitrogens is 1. The summed E-state index contributed by atoms with van der Waals surface area (Å²) in [6.07, 6.45) is 3.34. The highest BCUT2D eigenvalue weighted by molar-refractivity contribution is 9.10. The second kappa shape index (κ2) is 8.12. The number of nitrogens with one attached hydrogen (secondary N) is 1. The minimum absolute atomic E-state index is 0.0882. The Bertz CT molecular complexity index is 1310. The number of hydrogen-bond acceptors (Lipinski definition) is 3. The number of carboxylic acid groups (broad SMARTS) is 1. The molecule has 3 aliphatic rings. The van der Waals surface area contributed by atoms with Crippen LogP contribution in [0.15, 0.2) is 40.9 Å². The van der Waals surface area contributed by atoms with Crippen molar-refractivity contribution in [3.63, 3.8) is 0 Å². The van der Waals surface area contributed by atoms with Crippen molar-refractivity contribution in [2.24, 2.45) is 5.41 Å². The molecular formula is C26H23BrF2N2O3. The Morgan fingerprint density at radius 1 is 1.03 bits per heavy atom. The van der Waals surface area contributed by atoms with Gasteiger partial charge < -0.3 is 10.4 Å². The number of rotatable bonds is 4. The Balaban J connectivity index is 1.60. The van der Waals surface area contributed by atoms with Crippen LogP contribution in [0.25, 0.3) is 22.2 Å². The molecule has 0 spiro atoms. The van der Waals surface area contributed by atoms with Crippen molar-refractivity contribution >= 4 is 38.7 Å². The van der Waals surface area contributed by atoms with Gasteiger partial charge in [-0.05, 0) is 81.3 Å². The van der Waals surface area contributed by atoms with Crippen LogP contribution in [0.3, 0.4) is 0 Å². The van der Waals surface area contributed by atoms with Gasteiger partial charge in [0.15, 0.2) is 0 Å². The lowest BCUT2D eigenvalue weighted by atomic mass is 9.57. The third-order valence-electron chi connectivity index (χ3n) is 7.70. The number of benzene rings is 2. The summed E-state index contributed by atoms with van der Waals surface area (Å²) in [6, 6.07) is 8.88. The first kappa shape index (κ1) is 22.9. The fourth-order valence-electron chi connectivity index (χ4n) is 5.59. The predicted molar refractivity (Wildman–Crippen MR) is 128 cm³/mol. The Morgan fingerprint density at radius 2 is 1.65 bits per heavy atom. The third-order valence-corrected chi connectivity index (χ3v) is 8.19. The van der Waals surface area contributed by atoms with Crippen molar-refractivity contribution < 1.29 is 23.5 Å². The maximum atomic E-state index is 14.7. The van der Waals surface area contributed by atoms with E-state index < -0.39 is 28.6 Å². The maximum Gasteiger partial charge on any atom is 0.309 e. The lowest BCUT2D eigenvalue weighted by Gasteiger charge is -2.51. The van der Waals surface area contributed by atoms with Gasteiger partial charge in [-0.1, -0.05) is 22.0 Å². The first-order chi connectivity index (χ1) is 16.1. The summed E-state index contributed by atoms with van der Waals surface area (Å²) in [5.74, 6) is -2.60. The van der Waals surface area contributed by atoms with Crippen molar-refractivity contribution in [2.75, 3.05) is 0 Å². The van der Waals surface area contributed by atoms with Crippen LogP contribution in [0.2, 0.25) is 0 Å². The highest BCUT2D eigenvalue weighted by Crippen LogP contribution is 2.52. The first-order valence-electron chi connectivity index (χ1n) is 11.2. The van der Waals surface area contributed by atoms with Crippen molar-refractivity contribution in [1.82, 2.24) is 10.3 Å². The number of halogens is 3. The van der Waals surface area contributed by atoms with E-state index in [1.807, 2.05) is 0 Å². The molecule has 0 unspecified atom stereocenters. The van der Waals surface area contributed by atoms with Gasteiger partial charge in [0.2, 0.25) is 0 Å². The van der Waals surface area contributed by atoms with Gasteiger partial charge in [-0.15, -0.1) is 0 Å². The van der Waals surface area contributed by atoms with Crippen molar-refractivity contribution in [3.05, 3.63) is 63.6 Å². The van der Waals surface area contributed by atoms with Crippen molar-refractivity contribution in [1.29, 1.82) is 0 Å². The second-order valence-corrected chi connectivity index (χ2v) is 10.5. The number of carboxylic acids is 1. The van der Waals surface area contributed by atoms with Gasteiger partial charge in [-0.2, -0.15) is 0 Å². The Hall–Kier alpha value is -2.87. The number of carbonyl (C=O) groups is 2. The van der Waals surface area contributed by atoms with Crippen LogP contribution in [0.1, 0.15) is 54.4 Å². The van der Waals surface area contributed by atoms with Crippen LogP contribution in [0.4, 0.5) is 8.78 Å². The van der Waals surface area contributed by atoms with Gasteiger partial charge in [0, 0.05) is 15.4 Å². The molecule has 176 valence electrons. The lowest BCUT2D eigenvalue weighted by molar-refractivity contribution is -0.156. The quantitative estimate of drug-likeness (QED) is 0.425. The summed E-state index contributed by atoms with van der Waals surface area (Å²) in [7, 11) is 0. The van der Waals surface area contributed by atoms with Gasteiger partial charge in [0.25, 0.3) is 5.91 Å². The molecule has 2 bridgehead atoms. The lowest BCUT2D eigenvalue weighted by Crippen LogP contribution is -2.58. The van der Waals surface area contributed by atoms with E-state index in [9.17, 15) is 23.5 Å². The Labute approximate surface area is 203 Å². The van der Waals surface area contributed by atoms with Gasteiger partial charge in [0.1, 0.15) is 11.6 Å². The van der Waals surface area contributed by atoms with Crippen LogP contribution >= 0.6 is 15.9 Å². The molecule has 1 amide bonds. The van der Waals surface area contributed by atoms with E-state index in [4.69, 9.17) is 0 Å². The van der Waals surface area contributed by atoms with Crippen molar-refractivity contribution in [3.8, 4) is 11.3 Å². The summed E-state index contributed by atoms with van der Waals surface area (Å²) >= 11 is 3.44. The molecule has 1 heterocycles. The molecule has 2 aromatic carbocycles. The zero-order valence-corrected chi connectivity index (χ0v) is 20.1. The van der Waals surface area contributed by atoms with Crippen LogP contribution < -0.4 is 5.32 Å². The molecule has 0 aliphatic heterocycles. The molecule has 0 atom stereocenters. The fourth-order valence-corrected chi connectivity index (χ4v) is 5.95. The summed E-state index contributed by atoms with van der Waals surface area (Å²) in [5, 5.41) is 13.4. The van der Waals surface area contributed by atoms with E-state index in [0.717, 1.165) is 4.47 Å². The standard InChI is InChI=1S/C26H23BrF2N2O3/c1-14-20(23(32)31-26-10-7-25(8-11-26,9-12-26)24(33)34)16-13-15(27)5-6-19(16)30-22(14)21-17(28)3-2-4-18(21)29/h2-6,13H,7-12H2,1H3,(H,31,32)(H,33,34). The molecule has 0 saturated heterocycles. The molecule has 5 nitrogen and oxygen atoms in total. The number of carbonyl (C=O) groups excluding carboxylic acids is 1. The number of amides is 1. The molecule has 1 aromatic heterocycles. The highest BCUT2D eigenvalue weighted by Gasteiger charge is 2.53. The maximum absolute atomic E-state index is 14.7. The summed E-state index contributed by atoms with van der Waals surface area (Å²) in [5.41, 5.74) is -0.193. The first-order valence-corrected chi connectivity index (χ1v) is 12.0. The smallest absolute Gasteiger partial charge is 0.309 e. The molecular weight excluding hydrogens is 506 g/mol. The largest absolute Gasteiger partial charge is 0.481 e. The zero-order valence-electron chi connectivity index (χ0n) is 18.6. The van der Waals surface area contributed by atoms with Gasteiger partial charge in [0.05, 0.1) is 27.8 Å². The Kier molecular flexibility index (Phi) is 5.47. The number of nitrogens with zero attached hydrogens (tertiary/aromatic N) is 1. The topological polar surface area (TPSA) is 79.3 Å². The summed E-state index contributed by atoms with van der Waals surface area (Å²) in [6.45, 7) is 1.65. The van der Waals surface area contributed by atoms with Gasteiger partial charge in [-0.3, -0.25) is 9.59 Å². The van der Waals surface area contributed by atoms with Gasteiger partial charge in [-0.25, -0.2) is 13.8 Å². The van der Waals surface area contributed by atoms with Crippen LogP contribution in [0, 0.1) is 24.0 Å².